The molecule has 0 atom stereocenters. The summed E-state index contributed by atoms with van der Waals surface area (Å²) in [7, 11) is 0. The molecule has 0 aliphatic carbocycles. The van der Waals surface area contributed by atoms with E-state index in [1.807, 2.05) is 53.8 Å². The van der Waals surface area contributed by atoms with Crippen molar-refractivity contribution in [1.82, 2.24) is 4.57 Å². The van der Waals surface area contributed by atoms with Gasteiger partial charge < -0.3 is 4.57 Å². The van der Waals surface area contributed by atoms with E-state index in [9.17, 15) is 13.6 Å². The molecule has 0 N–H and O–H groups in total. The van der Waals surface area contributed by atoms with Crippen molar-refractivity contribution in [2.45, 2.75) is 26.3 Å². The highest BCUT2D eigenvalue weighted by molar-refractivity contribution is 14.1. The lowest BCUT2D eigenvalue weighted by Gasteiger charge is -2.15. The Morgan fingerprint density at radius 2 is 1.90 bits per heavy atom. The molecule has 20 heavy (non-hydrogen) atoms. The van der Waals surface area contributed by atoms with Gasteiger partial charge in [0, 0.05) is 5.56 Å². The molecule has 5 heteroatoms. The molecule has 0 bridgehead atoms. The van der Waals surface area contributed by atoms with Gasteiger partial charge in [0.2, 0.25) is 0 Å². The molecule has 2 rings (SSSR count). The predicted octanol–water partition coefficient (Wildman–Crippen LogP) is 3.95. The summed E-state index contributed by atoms with van der Waals surface area (Å²) in [5.41, 5.74) is 2.06. The Morgan fingerprint density at radius 3 is 2.55 bits per heavy atom. The van der Waals surface area contributed by atoms with Crippen LogP contribution in [-0.2, 0) is 13.0 Å². The van der Waals surface area contributed by atoms with E-state index < -0.39 is 13.0 Å². The van der Waals surface area contributed by atoms with Gasteiger partial charge in [-0.2, -0.15) is 0 Å². The van der Waals surface area contributed by atoms with Crippen LogP contribution < -0.4 is 5.56 Å². The highest BCUT2D eigenvalue weighted by Crippen LogP contribution is 2.24. The van der Waals surface area contributed by atoms with Crippen molar-refractivity contribution < 1.29 is 8.78 Å². The van der Waals surface area contributed by atoms with Crippen LogP contribution in [0.2, 0.25) is 0 Å². The van der Waals surface area contributed by atoms with Gasteiger partial charge in [-0.15, -0.1) is 0 Å². The van der Waals surface area contributed by atoms with Crippen molar-refractivity contribution in [3.05, 3.63) is 55.9 Å². The lowest BCUT2D eigenvalue weighted by Crippen LogP contribution is -2.26. The SMILES string of the molecule is CCc1ccccc1-c1ccc(I)c(=O)n1CC(F)F. The van der Waals surface area contributed by atoms with Crippen LogP contribution in [0.1, 0.15) is 12.5 Å². The lowest BCUT2D eigenvalue weighted by molar-refractivity contribution is 0.125. The van der Waals surface area contributed by atoms with E-state index in [0.29, 0.717) is 9.26 Å². The fourth-order valence-electron chi connectivity index (χ4n) is 2.18. The maximum atomic E-state index is 12.7. The monoisotopic (exact) mass is 389 g/mol. The van der Waals surface area contributed by atoms with Crippen LogP contribution in [0.3, 0.4) is 0 Å². The van der Waals surface area contributed by atoms with Gasteiger partial charge in [-0.25, -0.2) is 8.78 Å². The van der Waals surface area contributed by atoms with Gasteiger partial charge in [-0.3, -0.25) is 4.79 Å². The van der Waals surface area contributed by atoms with E-state index >= 15 is 0 Å². The van der Waals surface area contributed by atoms with Crippen molar-refractivity contribution in [3.63, 3.8) is 0 Å². The number of hydrogen-bond acceptors (Lipinski definition) is 1. The standard InChI is InChI=1S/C15H14F2INO/c1-2-10-5-3-4-6-11(10)13-8-7-12(18)15(20)19(13)9-14(16)17/h3-8,14H,2,9H2,1H3. The zero-order chi connectivity index (χ0) is 14.7. The summed E-state index contributed by atoms with van der Waals surface area (Å²) in [6.07, 6.45) is -1.77. The Morgan fingerprint density at radius 1 is 1.20 bits per heavy atom. The summed E-state index contributed by atoms with van der Waals surface area (Å²) in [5, 5.41) is 0. The van der Waals surface area contributed by atoms with E-state index in [-0.39, 0.29) is 5.56 Å². The molecule has 0 saturated heterocycles. The number of nitrogens with zero attached hydrogens (tertiary/aromatic N) is 1. The summed E-state index contributed by atoms with van der Waals surface area (Å²) >= 11 is 1.87. The number of alkyl halides is 2. The molecule has 0 unspecified atom stereocenters. The van der Waals surface area contributed by atoms with E-state index in [4.69, 9.17) is 0 Å². The third-order valence-corrected chi connectivity index (χ3v) is 3.94. The summed E-state index contributed by atoms with van der Waals surface area (Å²) in [4.78, 5) is 12.1. The molecule has 0 radical (unpaired) electrons. The Hall–Kier alpha value is -1.24. The summed E-state index contributed by atoms with van der Waals surface area (Å²) in [5.74, 6) is 0. The highest BCUT2D eigenvalue weighted by Gasteiger charge is 2.15. The molecule has 2 nitrogen and oxygen atoms in total. The minimum atomic E-state index is -2.56. The van der Waals surface area contributed by atoms with Crippen molar-refractivity contribution >= 4 is 22.6 Å². The normalized spacial score (nSPS) is 11.1. The lowest BCUT2D eigenvalue weighted by atomic mass is 10.0. The van der Waals surface area contributed by atoms with Crippen LogP contribution in [0.5, 0.6) is 0 Å². The van der Waals surface area contributed by atoms with Gasteiger partial charge in [-0.1, -0.05) is 31.2 Å². The number of halogens is 3. The molecule has 1 aromatic heterocycles. The zero-order valence-corrected chi connectivity index (χ0v) is 13.1. The average molecular weight is 389 g/mol. The van der Waals surface area contributed by atoms with Gasteiger partial charge in [-0.05, 0) is 46.7 Å². The number of pyridine rings is 1. The molecule has 0 saturated carbocycles. The molecular weight excluding hydrogens is 375 g/mol. The highest BCUT2D eigenvalue weighted by atomic mass is 127. The van der Waals surface area contributed by atoms with Gasteiger partial charge in [0.15, 0.2) is 0 Å². The third kappa shape index (κ3) is 3.08. The molecular formula is C15H14F2INO. The van der Waals surface area contributed by atoms with E-state index in [1.54, 1.807) is 12.1 Å². The molecule has 106 valence electrons. The maximum Gasteiger partial charge on any atom is 0.264 e. The summed E-state index contributed by atoms with van der Waals surface area (Å²) in [6.45, 7) is 1.42. The van der Waals surface area contributed by atoms with Crippen molar-refractivity contribution in [2.24, 2.45) is 0 Å². The van der Waals surface area contributed by atoms with Crippen molar-refractivity contribution in [2.75, 3.05) is 0 Å². The van der Waals surface area contributed by atoms with E-state index in [1.165, 1.54) is 4.57 Å². The number of rotatable bonds is 4. The number of hydrogen-bond donors (Lipinski definition) is 0. The number of benzene rings is 1. The minimum absolute atomic E-state index is 0.366. The van der Waals surface area contributed by atoms with Gasteiger partial charge in [0.1, 0.15) is 0 Å². The quantitative estimate of drug-likeness (QED) is 0.726. The third-order valence-electron chi connectivity index (χ3n) is 3.12. The van der Waals surface area contributed by atoms with Crippen LogP contribution in [0, 0.1) is 3.57 Å². The molecule has 1 heterocycles. The van der Waals surface area contributed by atoms with Gasteiger partial charge in [0.25, 0.3) is 12.0 Å². The molecule has 0 fully saturated rings. The van der Waals surface area contributed by atoms with Crippen LogP contribution in [0.4, 0.5) is 8.78 Å². The van der Waals surface area contributed by atoms with Crippen molar-refractivity contribution in [3.8, 4) is 11.3 Å². The molecule has 0 aliphatic rings. The minimum Gasteiger partial charge on any atom is -0.302 e. The number of aryl methyl sites for hydroxylation is 1. The second-order valence-corrected chi connectivity index (χ2v) is 5.55. The Balaban J connectivity index is 2.67. The molecule has 0 amide bonds. The maximum absolute atomic E-state index is 12.7. The Bertz CT molecular complexity index is 667. The first-order valence-electron chi connectivity index (χ1n) is 6.30. The first-order valence-corrected chi connectivity index (χ1v) is 7.38. The summed E-state index contributed by atoms with van der Waals surface area (Å²) in [6, 6.07) is 11.0. The van der Waals surface area contributed by atoms with Crippen LogP contribution in [0.15, 0.2) is 41.2 Å². The fraction of sp³-hybridized carbons (Fsp3) is 0.267. The van der Waals surface area contributed by atoms with Crippen LogP contribution >= 0.6 is 22.6 Å². The largest absolute Gasteiger partial charge is 0.302 e. The van der Waals surface area contributed by atoms with Crippen LogP contribution in [-0.4, -0.2) is 11.0 Å². The second-order valence-electron chi connectivity index (χ2n) is 4.38. The smallest absolute Gasteiger partial charge is 0.264 e. The first kappa shape index (κ1) is 15.2. The zero-order valence-electron chi connectivity index (χ0n) is 10.9. The molecule has 2 aromatic rings. The fourth-order valence-corrected chi connectivity index (χ4v) is 2.66. The molecule has 0 spiro atoms. The van der Waals surface area contributed by atoms with E-state index in [0.717, 1.165) is 17.5 Å². The molecule has 1 aromatic carbocycles. The van der Waals surface area contributed by atoms with Gasteiger partial charge in [0.05, 0.1) is 15.8 Å². The molecule has 0 aliphatic heterocycles. The first-order chi connectivity index (χ1) is 9.54. The Kier molecular flexibility index (Phi) is 4.91. The van der Waals surface area contributed by atoms with E-state index in [2.05, 4.69) is 0 Å². The van der Waals surface area contributed by atoms with Crippen molar-refractivity contribution in [1.29, 1.82) is 0 Å². The number of aromatic nitrogens is 1. The topological polar surface area (TPSA) is 22.0 Å². The second kappa shape index (κ2) is 6.47. The van der Waals surface area contributed by atoms with Crippen LogP contribution in [0.25, 0.3) is 11.3 Å². The summed E-state index contributed by atoms with van der Waals surface area (Å²) < 4.78 is 27.1. The Labute approximate surface area is 129 Å². The predicted molar refractivity (Wildman–Crippen MR) is 84.2 cm³/mol. The average Bonchev–Trinajstić information content (AvgIpc) is 2.44. The van der Waals surface area contributed by atoms with Gasteiger partial charge >= 0.3 is 0 Å².